The van der Waals surface area contributed by atoms with E-state index in [0.717, 1.165) is 26.1 Å². The molecule has 0 radical (unpaired) electrons. The number of methoxy groups -OCH3 is 1. The van der Waals surface area contributed by atoms with E-state index < -0.39 is 0 Å². The molecule has 0 saturated heterocycles. The monoisotopic (exact) mass is 399 g/mol. The summed E-state index contributed by atoms with van der Waals surface area (Å²) in [6.45, 7) is 10.7. The second-order valence-electron chi connectivity index (χ2n) is 5.88. The van der Waals surface area contributed by atoms with Gasteiger partial charge >= 0.3 is 0 Å². The minimum absolute atomic E-state index is 0. The lowest BCUT2D eigenvalue weighted by Crippen LogP contribution is -2.69. The number of hydrogen-bond donors (Lipinski definition) is 2. The Morgan fingerprint density at radius 3 is 2.55 bits per heavy atom. The van der Waals surface area contributed by atoms with Crippen LogP contribution in [0.5, 0.6) is 0 Å². The molecule has 1 fully saturated rings. The van der Waals surface area contributed by atoms with E-state index in [1.807, 2.05) is 6.92 Å². The number of nitrogens with one attached hydrogen (secondary N) is 1. The number of hydrogen-bond acceptors (Lipinski definition) is 3. The van der Waals surface area contributed by atoms with Gasteiger partial charge in [0.2, 0.25) is 0 Å². The lowest BCUT2D eigenvalue weighted by molar-refractivity contribution is -0.176. The average Bonchev–Trinajstić information content (AvgIpc) is 2.37. The summed E-state index contributed by atoms with van der Waals surface area (Å²) in [4.78, 5) is 4.32. The number of rotatable bonds is 7. The predicted octanol–water partition coefficient (Wildman–Crippen LogP) is 2.14. The Balaban J connectivity index is 0.00000361. The molecule has 20 heavy (non-hydrogen) atoms. The van der Waals surface area contributed by atoms with Crippen molar-refractivity contribution in [1.29, 1.82) is 0 Å². The van der Waals surface area contributed by atoms with Gasteiger partial charge in [-0.15, -0.1) is 24.0 Å². The van der Waals surface area contributed by atoms with Crippen LogP contribution in [-0.2, 0) is 9.47 Å². The molecule has 0 aromatic heterocycles. The van der Waals surface area contributed by atoms with Gasteiger partial charge < -0.3 is 20.5 Å². The van der Waals surface area contributed by atoms with Crippen LogP contribution in [0.1, 0.15) is 40.5 Å². The van der Waals surface area contributed by atoms with E-state index in [0.29, 0.717) is 18.5 Å². The summed E-state index contributed by atoms with van der Waals surface area (Å²) in [5, 5.41) is 3.29. The quantitative estimate of drug-likeness (QED) is 0.298. The minimum atomic E-state index is -0.0834. The van der Waals surface area contributed by atoms with Crippen molar-refractivity contribution in [2.24, 2.45) is 16.1 Å². The van der Waals surface area contributed by atoms with Crippen LogP contribution >= 0.6 is 24.0 Å². The van der Waals surface area contributed by atoms with Crippen molar-refractivity contribution >= 4 is 29.9 Å². The molecule has 2 atom stereocenters. The highest BCUT2D eigenvalue weighted by atomic mass is 127. The molecule has 2 unspecified atom stereocenters. The zero-order valence-corrected chi connectivity index (χ0v) is 15.7. The van der Waals surface area contributed by atoms with Crippen LogP contribution < -0.4 is 11.1 Å². The van der Waals surface area contributed by atoms with Gasteiger partial charge in [0.25, 0.3) is 0 Å². The maximum Gasteiger partial charge on any atom is 0.188 e. The Labute approximate surface area is 140 Å². The second kappa shape index (κ2) is 8.38. The number of halogens is 1. The highest BCUT2D eigenvalue weighted by Gasteiger charge is 2.57. The molecule has 1 aliphatic carbocycles. The number of aliphatic imine (C=N–C) groups is 1. The summed E-state index contributed by atoms with van der Waals surface area (Å²) in [6, 6.07) is 0.313. The number of nitrogens with zero attached hydrogens (tertiary/aromatic N) is 1. The summed E-state index contributed by atoms with van der Waals surface area (Å²) in [7, 11) is 1.77. The van der Waals surface area contributed by atoms with E-state index in [4.69, 9.17) is 15.2 Å². The molecule has 1 rings (SSSR count). The first-order chi connectivity index (χ1) is 8.87. The van der Waals surface area contributed by atoms with Crippen molar-refractivity contribution in [3.63, 3.8) is 0 Å². The predicted molar refractivity (Wildman–Crippen MR) is 93.8 cm³/mol. The fourth-order valence-corrected chi connectivity index (χ4v) is 2.46. The van der Waals surface area contributed by atoms with Crippen molar-refractivity contribution in [3.05, 3.63) is 0 Å². The Morgan fingerprint density at radius 2 is 2.05 bits per heavy atom. The van der Waals surface area contributed by atoms with Crippen LogP contribution in [0.15, 0.2) is 4.99 Å². The first-order valence-electron chi connectivity index (χ1n) is 7.06. The molecule has 120 valence electrons. The van der Waals surface area contributed by atoms with E-state index >= 15 is 0 Å². The van der Waals surface area contributed by atoms with E-state index in [1.54, 1.807) is 7.11 Å². The fraction of sp³-hybridized carbons (Fsp3) is 0.929. The zero-order chi connectivity index (χ0) is 14.5. The lowest BCUT2D eigenvalue weighted by atomic mass is 9.56. The summed E-state index contributed by atoms with van der Waals surface area (Å²) in [5.74, 6) is 0.521. The van der Waals surface area contributed by atoms with Gasteiger partial charge in [-0.25, -0.2) is 0 Å². The van der Waals surface area contributed by atoms with Gasteiger partial charge in [0.1, 0.15) is 0 Å². The van der Waals surface area contributed by atoms with E-state index in [9.17, 15) is 0 Å². The Kier molecular flexibility index (Phi) is 8.35. The van der Waals surface area contributed by atoms with E-state index in [2.05, 4.69) is 31.1 Å². The van der Waals surface area contributed by atoms with Crippen molar-refractivity contribution in [2.45, 2.75) is 52.2 Å². The third kappa shape index (κ3) is 4.46. The topological polar surface area (TPSA) is 68.9 Å². The molecule has 6 heteroatoms. The third-order valence-corrected chi connectivity index (χ3v) is 4.53. The number of ether oxygens (including phenoxy) is 2. The van der Waals surface area contributed by atoms with E-state index in [1.165, 1.54) is 0 Å². The summed E-state index contributed by atoms with van der Waals surface area (Å²) >= 11 is 0. The molecule has 3 N–H and O–H groups in total. The second-order valence-corrected chi connectivity index (χ2v) is 5.88. The number of guanidine groups is 1. The first kappa shape index (κ1) is 19.9. The van der Waals surface area contributed by atoms with Gasteiger partial charge in [0, 0.05) is 38.3 Å². The largest absolute Gasteiger partial charge is 0.382 e. The third-order valence-electron chi connectivity index (χ3n) is 4.53. The van der Waals surface area contributed by atoms with Crippen LogP contribution in [-0.4, -0.2) is 44.5 Å². The van der Waals surface area contributed by atoms with Gasteiger partial charge in [-0.2, -0.15) is 0 Å². The van der Waals surface area contributed by atoms with Crippen LogP contribution in [0.25, 0.3) is 0 Å². The van der Waals surface area contributed by atoms with Crippen LogP contribution in [0.2, 0.25) is 0 Å². The maximum absolute atomic E-state index is 5.91. The van der Waals surface area contributed by atoms with Gasteiger partial charge in [-0.05, 0) is 26.7 Å². The van der Waals surface area contributed by atoms with Gasteiger partial charge in [0.05, 0.1) is 5.60 Å². The summed E-state index contributed by atoms with van der Waals surface area (Å²) in [5.41, 5.74) is 5.87. The maximum atomic E-state index is 5.91. The van der Waals surface area contributed by atoms with Crippen LogP contribution in [0, 0.1) is 5.41 Å². The van der Waals surface area contributed by atoms with Crippen molar-refractivity contribution in [2.75, 3.05) is 26.9 Å². The highest BCUT2D eigenvalue weighted by molar-refractivity contribution is 14.0. The molecule has 0 heterocycles. The SMILES string of the molecule is CCOCCCN=C(N)NC1CC(C)(OC)C1(C)C.I. The summed E-state index contributed by atoms with van der Waals surface area (Å²) in [6.07, 6.45) is 1.85. The zero-order valence-electron chi connectivity index (χ0n) is 13.4. The fourth-order valence-electron chi connectivity index (χ4n) is 2.46. The Hall–Kier alpha value is -0.0800. The average molecular weight is 399 g/mol. The molecule has 0 aromatic rings. The lowest BCUT2D eigenvalue weighted by Gasteiger charge is -2.59. The van der Waals surface area contributed by atoms with Crippen molar-refractivity contribution < 1.29 is 9.47 Å². The van der Waals surface area contributed by atoms with Crippen LogP contribution in [0.3, 0.4) is 0 Å². The minimum Gasteiger partial charge on any atom is -0.382 e. The van der Waals surface area contributed by atoms with Crippen molar-refractivity contribution in [3.8, 4) is 0 Å². The van der Waals surface area contributed by atoms with Gasteiger partial charge in [-0.3, -0.25) is 4.99 Å². The van der Waals surface area contributed by atoms with Crippen molar-refractivity contribution in [1.82, 2.24) is 5.32 Å². The molecule has 1 saturated carbocycles. The highest BCUT2D eigenvalue weighted by Crippen LogP contribution is 2.51. The normalized spacial score (nSPS) is 28.4. The molecule has 0 spiro atoms. The standard InChI is InChI=1S/C14H29N3O2.HI/c1-6-19-9-7-8-16-12(15)17-11-10-14(4,18-5)13(11,2)3;/h11H,6-10H2,1-5H3,(H3,15,16,17);1H. The molecule has 1 aliphatic rings. The molecular formula is C14H30IN3O2. The van der Waals surface area contributed by atoms with Crippen LogP contribution in [0.4, 0.5) is 0 Å². The molecule has 0 aromatic carbocycles. The Bertz CT molecular complexity index is 324. The van der Waals surface area contributed by atoms with Gasteiger partial charge in [0.15, 0.2) is 5.96 Å². The first-order valence-corrected chi connectivity index (χ1v) is 7.06. The molecule has 0 bridgehead atoms. The Morgan fingerprint density at radius 1 is 1.40 bits per heavy atom. The van der Waals surface area contributed by atoms with Gasteiger partial charge in [-0.1, -0.05) is 13.8 Å². The smallest absolute Gasteiger partial charge is 0.188 e. The molecular weight excluding hydrogens is 369 g/mol. The molecule has 0 amide bonds. The number of nitrogens with two attached hydrogens (primary N) is 1. The summed E-state index contributed by atoms with van der Waals surface area (Å²) < 4.78 is 10.8. The van der Waals surface area contributed by atoms with E-state index in [-0.39, 0.29) is 35.0 Å². The molecule has 5 nitrogen and oxygen atoms in total. The molecule has 0 aliphatic heterocycles.